The minimum absolute atomic E-state index is 0.0924. The highest BCUT2D eigenvalue weighted by atomic mass is 16.5. The Kier molecular flexibility index (Phi) is 7.08. The Morgan fingerprint density at radius 1 is 1.41 bits per heavy atom. The molecule has 0 amide bonds. The van der Waals surface area contributed by atoms with E-state index in [1.54, 1.807) is 7.11 Å². The van der Waals surface area contributed by atoms with Gasteiger partial charge in [0.25, 0.3) is 0 Å². The number of carbonyl (C=O) groups is 1. The first kappa shape index (κ1) is 17.7. The minimum atomic E-state index is -0.171. The van der Waals surface area contributed by atoms with E-state index in [1.807, 2.05) is 6.92 Å². The number of aliphatic hydroxyl groups is 1. The molecule has 2 rings (SSSR count). The van der Waals surface area contributed by atoms with Crippen LogP contribution >= 0.6 is 0 Å². The zero-order valence-electron chi connectivity index (χ0n) is 13.7. The summed E-state index contributed by atoms with van der Waals surface area (Å²) in [6.07, 6.45) is 4.08. The molecule has 0 aromatic carbocycles. The van der Waals surface area contributed by atoms with E-state index in [4.69, 9.17) is 14.6 Å². The van der Waals surface area contributed by atoms with Gasteiger partial charge in [-0.3, -0.25) is 4.79 Å². The normalized spacial score (nSPS) is 35.0. The molecule has 1 saturated heterocycles. The molecule has 0 spiro atoms. The first-order valence-electron chi connectivity index (χ1n) is 8.48. The molecule has 2 aliphatic rings. The van der Waals surface area contributed by atoms with E-state index in [1.165, 1.54) is 0 Å². The van der Waals surface area contributed by atoms with E-state index in [2.05, 4.69) is 10.6 Å². The third-order valence-corrected chi connectivity index (χ3v) is 4.98. The quantitative estimate of drug-likeness (QED) is 0.463. The first-order valence-corrected chi connectivity index (χ1v) is 8.48. The summed E-state index contributed by atoms with van der Waals surface area (Å²) in [5.41, 5.74) is 0. The van der Waals surface area contributed by atoms with Crippen LogP contribution in [0.1, 0.15) is 32.6 Å². The molecule has 6 nitrogen and oxygen atoms in total. The molecule has 128 valence electrons. The standard InChI is InChI=1S/C16H30N2O4/c1-3-22-16(20)13-10-18-14-6-5-11(21-2)9-12(14)15(13)17-7-4-8-19/h11-15,17-19H,3-10H2,1-2H3. The summed E-state index contributed by atoms with van der Waals surface area (Å²) in [6, 6.07) is 0.526. The molecular formula is C16H30N2O4. The van der Waals surface area contributed by atoms with Gasteiger partial charge in [0.2, 0.25) is 0 Å². The Morgan fingerprint density at radius 3 is 2.91 bits per heavy atom. The van der Waals surface area contributed by atoms with Crippen LogP contribution in [-0.4, -0.2) is 62.7 Å². The SMILES string of the molecule is CCOC(=O)C1CNC2CCC(OC)CC2C1NCCCO. The topological polar surface area (TPSA) is 79.8 Å². The highest BCUT2D eigenvalue weighted by Gasteiger charge is 2.45. The van der Waals surface area contributed by atoms with E-state index in [9.17, 15) is 4.79 Å². The van der Waals surface area contributed by atoms with Crippen molar-refractivity contribution in [3.63, 3.8) is 0 Å². The molecule has 2 fully saturated rings. The van der Waals surface area contributed by atoms with Gasteiger partial charge in [0, 0.05) is 32.3 Å². The van der Waals surface area contributed by atoms with Crippen LogP contribution in [0.4, 0.5) is 0 Å². The second kappa shape index (κ2) is 8.82. The van der Waals surface area contributed by atoms with Crippen LogP contribution in [0.15, 0.2) is 0 Å². The molecule has 1 saturated carbocycles. The van der Waals surface area contributed by atoms with Gasteiger partial charge in [-0.05, 0) is 45.1 Å². The second-order valence-corrected chi connectivity index (χ2v) is 6.26. The molecule has 1 aliphatic carbocycles. The Bertz CT molecular complexity index is 353. The maximum atomic E-state index is 12.3. The lowest BCUT2D eigenvalue weighted by Gasteiger charge is -2.47. The summed E-state index contributed by atoms with van der Waals surface area (Å²) in [7, 11) is 1.76. The Balaban J connectivity index is 2.07. The summed E-state index contributed by atoms with van der Waals surface area (Å²) in [6.45, 7) is 3.80. The average molecular weight is 314 g/mol. The largest absolute Gasteiger partial charge is 0.466 e. The zero-order chi connectivity index (χ0) is 15.9. The number of esters is 1. The van der Waals surface area contributed by atoms with Gasteiger partial charge >= 0.3 is 5.97 Å². The van der Waals surface area contributed by atoms with Gasteiger partial charge in [0.15, 0.2) is 0 Å². The van der Waals surface area contributed by atoms with Crippen LogP contribution in [0.2, 0.25) is 0 Å². The number of nitrogens with one attached hydrogen (secondary N) is 2. The molecule has 0 radical (unpaired) electrons. The van der Waals surface area contributed by atoms with Crippen molar-refractivity contribution in [1.29, 1.82) is 0 Å². The maximum Gasteiger partial charge on any atom is 0.311 e. The summed E-state index contributed by atoms with van der Waals surface area (Å²) >= 11 is 0. The molecule has 0 aromatic heterocycles. The fraction of sp³-hybridized carbons (Fsp3) is 0.938. The lowest BCUT2D eigenvalue weighted by Crippen LogP contribution is -2.63. The number of methoxy groups -OCH3 is 1. The second-order valence-electron chi connectivity index (χ2n) is 6.26. The van der Waals surface area contributed by atoms with E-state index < -0.39 is 0 Å². The number of fused-ring (bicyclic) bond motifs is 1. The number of ether oxygens (including phenoxy) is 2. The van der Waals surface area contributed by atoms with Gasteiger partial charge in [0.1, 0.15) is 0 Å². The van der Waals surface area contributed by atoms with Crippen molar-refractivity contribution in [3.8, 4) is 0 Å². The zero-order valence-corrected chi connectivity index (χ0v) is 13.7. The number of piperidine rings is 1. The number of aliphatic hydroxyl groups excluding tert-OH is 1. The molecule has 1 aliphatic heterocycles. The predicted octanol–water partition coefficient (Wildman–Crippen LogP) is 0.293. The minimum Gasteiger partial charge on any atom is -0.466 e. The van der Waals surface area contributed by atoms with Crippen LogP contribution < -0.4 is 10.6 Å². The Morgan fingerprint density at radius 2 is 2.23 bits per heavy atom. The molecule has 22 heavy (non-hydrogen) atoms. The average Bonchev–Trinajstić information content (AvgIpc) is 2.54. The van der Waals surface area contributed by atoms with Crippen LogP contribution in [-0.2, 0) is 14.3 Å². The van der Waals surface area contributed by atoms with Crippen LogP contribution in [0.3, 0.4) is 0 Å². The van der Waals surface area contributed by atoms with Crippen LogP contribution in [0.25, 0.3) is 0 Å². The van der Waals surface area contributed by atoms with Crippen molar-refractivity contribution >= 4 is 5.97 Å². The molecule has 0 bridgehead atoms. The van der Waals surface area contributed by atoms with Crippen molar-refractivity contribution in [2.75, 3.05) is 33.4 Å². The first-order chi connectivity index (χ1) is 10.7. The number of hydrogen-bond donors (Lipinski definition) is 3. The van der Waals surface area contributed by atoms with Crippen molar-refractivity contribution in [3.05, 3.63) is 0 Å². The van der Waals surface area contributed by atoms with E-state index in [-0.39, 0.29) is 30.6 Å². The van der Waals surface area contributed by atoms with Gasteiger partial charge in [-0.2, -0.15) is 0 Å². The Labute approximate surface area is 132 Å². The summed E-state index contributed by atoms with van der Waals surface area (Å²) < 4.78 is 10.8. The summed E-state index contributed by atoms with van der Waals surface area (Å²) in [5, 5.41) is 16.0. The van der Waals surface area contributed by atoms with Gasteiger partial charge < -0.3 is 25.2 Å². The molecule has 1 heterocycles. The highest BCUT2D eigenvalue weighted by molar-refractivity contribution is 5.74. The smallest absolute Gasteiger partial charge is 0.311 e. The fourth-order valence-electron chi connectivity index (χ4n) is 3.85. The number of rotatable bonds is 7. The van der Waals surface area contributed by atoms with E-state index in [0.717, 1.165) is 25.8 Å². The fourth-order valence-corrected chi connectivity index (χ4v) is 3.85. The molecular weight excluding hydrogens is 284 g/mol. The number of carbonyl (C=O) groups excluding carboxylic acids is 1. The van der Waals surface area contributed by atoms with Crippen molar-refractivity contribution < 1.29 is 19.4 Å². The maximum absolute atomic E-state index is 12.3. The summed E-state index contributed by atoms with van der Waals surface area (Å²) in [5.74, 6) is 0.0607. The van der Waals surface area contributed by atoms with Gasteiger partial charge in [0.05, 0.1) is 18.6 Å². The van der Waals surface area contributed by atoms with E-state index in [0.29, 0.717) is 31.5 Å². The van der Waals surface area contributed by atoms with Crippen molar-refractivity contribution in [2.24, 2.45) is 11.8 Å². The van der Waals surface area contributed by atoms with Crippen LogP contribution in [0.5, 0.6) is 0 Å². The Hall–Kier alpha value is -0.690. The van der Waals surface area contributed by atoms with Crippen molar-refractivity contribution in [1.82, 2.24) is 10.6 Å². The lowest BCUT2D eigenvalue weighted by molar-refractivity contribution is -0.151. The molecule has 0 aromatic rings. The highest BCUT2D eigenvalue weighted by Crippen LogP contribution is 2.35. The van der Waals surface area contributed by atoms with Gasteiger partial charge in [-0.1, -0.05) is 0 Å². The lowest BCUT2D eigenvalue weighted by atomic mass is 9.71. The summed E-state index contributed by atoms with van der Waals surface area (Å²) in [4.78, 5) is 12.3. The molecule has 5 unspecified atom stereocenters. The third kappa shape index (κ3) is 4.19. The van der Waals surface area contributed by atoms with E-state index >= 15 is 0 Å². The number of hydrogen-bond acceptors (Lipinski definition) is 6. The molecule has 3 N–H and O–H groups in total. The van der Waals surface area contributed by atoms with Gasteiger partial charge in [-0.25, -0.2) is 0 Å². The predicted molar refractivity (Wildman–Crippen MR) is 83.5 cm³/mol. The molecule has 5 atom stereocenters. The van der Waals surface area contributed by atoms with Crippen LogP contribution in [0, 0.1) is 11.8 Å². The monoisotopic (exact) mass is 314 g/mol. The third-order valence-electron chi connectivity index (χ3n) is 4.98. The molecule has 6 heteroatoms. The van der Waals surface area contributed by atoms with Crippen molar-refractivity contribution in [2.45, 2.75) is 50.8 Å². The van der Waals surface area contributed by atoms with Gasteiger partial charge in [-0.15, -0.1) is 0 Å².